The van der Waals surface area contributed by atoms with Gasteiger partial charge in [0.1, 0.15) is 29.5 Å². The highest BCUT2D eigenvalue weighted by molar-refractivity contribution is 6.27. The molecule has 4 aliphatic rings. The number of hydrogen-bond donors (Lipinski definition) is 2. The summed E-state index contributed by atoms with van der Waals surface area (Å²) >= 11 is 5.73. The molecule has 3 saturated heterocycles. The van der Waals surface area contributed by atoms with Crippen molar-refractivity contribution in [2.75, 3.05) is 73.6 Å². The highest BCUT2D eigenvalue weighted by Crippen LogP contribution is 2.41. The number of anilines is 5. The van der Waals surface area contributed by atoms with Crippen LogP contribution >= 0.6 is 11.6 Å². The van der Waals surface area contributed by atoms with Gasteiger partial charge >= 0.3 is 0 Å². The Kier molecular flexibility index (Phi) is 10.1. The van der Waals surface area contributed by atoms with Crippen LogP contribution < -0.4 is 25.3 Å². The molecule has 11 nitrogen and oxygen atoms in total. The molecule has 2 aromatic carbocycles. The summed E-state index contributed by atoms with van der Waals surface area (Å²) in [5, 5.41) is 7.83. The predicted molar refractivity (Wildman–Crippen MR) is 185 cm³/mol. The highest BCUT2D eigenvalue weighted by Gasteiger charge is 2.34. The second-order valence-electron chi connectivity index (χ2n) is 12.9. The lowest BCUT2D eigenvalue weighted by molar-refractivity contribution is -0.111. The van der Waals surface area contributed by atoms with Crippen molar-refractivity contribution in [3.05, 3.63) is 71.5 Å². The second kappa shape index (κ2) is 14.8. The minimum atomic E-state index is -0.654. The number of amides is 1. The zero-order valence-electron chi connectivity index (χ0n) is 27.5. The molecular weight excluding hydrogens is 654 g/mol. The maximum atomic E-state index is 14.0. The first-order chi connectivity index (χ1) is 23.9. The molecule has 1 saturated carbocycles. The van der Waals surface area contributed by atoms with Crippen molar-refractivity contribution in [1.82, 2.24) is 19.8 Å². The lowest BCUT2D eigenvalue weighted by atomic mass is 10.0. The number of hydrogen-bond acceptors (Lipinski definition) is 10. The minimum absolute atomic E-state index is 0.355. The van der Waals surface area contributed by atoms with Crippen molar-refractivity contribution >= 4 is 46.2 Å². The van der Waals surface area contributed by atoms with Crippen LogP contribution in [-0.4, -0.2) is 90.7 Å². The van der Waals surface area contributed by atoms with Crippen LogP contribution in [0.15, 0.2) is 54.3 Å². The van der Waals surface area contributed by atoms with Crippen LogP contribution in [0.5, 0.6) is 5.75 Å². The molecule has 3 aromatic rings. The number of ether oxygens (including phenoxy) is 1. The summed E-state index contributed by atoms with van der Waals surface area (Å²) in [4.78, 5) is 34.9. The maximum absolute atomic E-state index is 14.0. The molecule has 49 heavy (non-hydrogen) atoms. The molecule has 7 rings (SSSR count). The standard InChI is InChI=1S/C35H41ClF2N8O3/c1-48-32-20-31(45-9-5-27(6-10-45)44-13-11-43(12-14-44)26-2-3-26)28(42-35(47)4-8-36)19-29(32)41-33-21-34(40-22-39-33)46-30(7-15-49-46)23-16-24(37)18-25(38)17-23/h4,8,16-22,26-27,30H,2-3,5-7,9-15H2,1H3,(H,42,47)(H,39,40,41)/t30-/m1/s1. The molecule has 0 unspecified atom stereocenters. The van der Waals surface area contributed by atoms with Crippen molar-refractivity contribution in [3.63, 3.8) is 0 Å². The summed E-state index contributed by atoms with van der Waals surface area (Å²) in [5.41, 5.74) is 3.66. The first-order valence-electron chi connectivity index (χ1n) is 16.9. The second-order valence-corrected chi connectivity index (χ2v) is 13.2. The Labute approximate surface area is 289 Å². The quantitative estimate of drug-likeness (QED) is 0.253. The van der Waals surface area contributed by atoms with Crippen molar-refractivity contribution in [1.29, 1.82) is 0 Å². The molecule has 3 aliphatic heterocycles. The van der Waals surface area contributed by atoms with Crippen LogP contribution in [-0.2, 0) is 9.63 Å². The first-order valence-corrected chi connectivity index (χ1v) is 17.3. The summed E-state index contributed by atoms with van der Waals surface area (Å²) in [6.07, 6.45) is 7.95. The van der Waals surface area contributed by atoms with Crippen molar-refractivity contribution in [2.45, 2.75) is 50.2 Å². The third-order valence-corrected chi connectivity index (χ3v) is 9.97. The third kappa shape index (κ3) is 7.75. The molecule has 1 amide bonds. The molecule has 2 N–H and O–H groups in total. The summed E-state index contributed by atoms with van der Waals surface area (Å²) in [7, 11) is 1.60. The van der Waals surface area contributed by atoms with Crippen LogP contribution in [0.2, 0.25) is 0 Å². The van der Waals surface area contributed by atoms with E-state index < -0.39 is 17.7 Å². The number of hydroxylamine groups is 1. The number of aromatic nitrogens is 2. The fourth-order valence-corrected chi connectivity index (χ4v) is 7.36. The molecule has 1 aliphatic carbocycles. The molecule has 1 aromatic heterocycles. The number of methoxy groups -OCH3 is 1. The SMILES string of the molecule is COc1cc(N2CCC(N3CCN(C4CC4)CC3)CC2)c(NC(=O)C=CCl)cc1Nc1cc(N2OCC[C@@H]2c2cc(F)cc(F)c2)ncn1. The van der Waals surface area contributed by atoms with Crippen molar-refractivity contribution in [2.24, 2.45) is 0 Å². The molecule has 260 valence electrons. The maximum Gasteiger partial charge on any atom is 0.249 e. The zero-order chi connectivity index (χ0) is 33.9. The van der Waals surface area contributed by atoms with Gasteiger partial charge in [0.25, 0.3) is 0 Å². The normalized spacial score (nSPS) is 21.0. The van der Waals surface area contributed by atoms with E-state index in [4.69, 9.17) is 21.2 Å². The monoisotopic (exact) mass is 694 g/mol. The molecule has 1 atom stereocenters. The fourth-order valence-electron chi connectivity index (χ4n) is 7.25. The molecule has 0 spiro atoms. The van der Waals surface area contributed by atoms with Gasteiger partial charge in [0.05, 0.1) is 36.8 Å². The number of carbonyl (C=O) groups is 1. The van der Waals surface area contributed by atoms with Crippen LogP contribution in [0.1, 0.15) is 43.7 Å². The van der Waals surface area contributed by atoms with Gasteiger partial charge in [-0.05, 0) is 49.4 Å². The Morgan fingerprint density at radius 2 is 1.59 bits per heavy atom. The van der Waals surface area contributed by atoms with Gasteiger partial charge in [-0.3, -0.25) is 19.4 Å². The van der Waals surface area contributed by atoms with E-state index in [0.29, 0.717) is 53.4 Å². The number of halogens is 3. The molecule has 4 heterocycles. The van der Waals surface area contributed by atoms with Gasteiger partial charge in [0.15, 0.2) is 5.82 Å². The van der Waals surface area contributed by atoms with E-state index in [2.05, 4.69) is 35.3 Å². The largest absolute Gasteiger partial charge is 0.494 e. The number of piperidine rings is 1. The van der Waals surface area contributed by atoms with Gasteiger partial charge < -0.3 is 20.3 Å². The number of rotatable bonds is 10. The molecule has 14 heteroatoms. The van der Waals surface area contributed by atoms with E-state index in [1.54, 1.807) is 18.2 Å². The van der Waals surface area contributed by atoms with E-state index >= 15 is 0 Å². The third-order valence-electron chi connectivity index (χ3n) is 9.84. The van der Waals surface area contributed by atoms with Gasteiger partial charge in [-0.1, -0.05) is 11.6 Å². The Morgan fingerprint density at radius 1 is 0.898 bits per heavy atom. The average molecular weight is 695 g/mol. The van der Waals surface area contributed by atoms with Gasteiger partial charge in [0.2, 0.25) is 5.91 Å². The highest BCUT2D eigenvalue weighted by atomic mass is 35.5. The Balaban J connectivity index is 1.09. The van der Waals surface area contributed by atoms with Crippen molar-refractivity contribution < 1.29 is 23.1 Å². The first kappa shape index (κ1) is 33.5. The van der Waals surface area contributed by atoms with E-state index in [1.165, 1.54) is 42.9 Å². The Hall–Kier alpha value is -4.04. The van der Waals surface area contributed by atoms with Crippen LogP contribution in [0.25, 0.3) is 0 Å². The average Bonchev–Trinajstić information content (AvgIpc) is 3.84. The number of benzene rings is 2. The fraction of sp³-hybridized carbons (Fsp3) is 0.457. The molecule has 0 radical (unpaired) electrons. The van der Waals surface area contributed by atoms with Gasteiger partial charge in [0, 0.05) is 87.6 Å². The van der Waals surface area contributed by atoms with E-state index in [1.807, 2.05) is 12.1 Å². The predicted octanol–water partition coefficient (Wildman–Crippen LogP) is 5.83. The van der Waals surface area contributed by atoms with Crippen LogP contribution in [0.4, 0.5) is 37.5 Å². The minimum Gasteiger partial charge on any atom is -0.494 e. The van der Waals surface area contributed by atoms with Gasteiger partial charge in [-0.25, -0.2) is 23.8 Å². The van der Waals surface area contributed by atoms with Crippen LogP contribution in [0.3, 0.4) is 0 Å². The lowest BCUT2D eigenvalue weighted by Gasteiger charge is -2.43. The van der Waals surface area contributed by atoms with Gasteiger partial charge in [-0.2, -0.15) is 0 Å². The Bertz CT molecular complexity index is 1660. The topological polar surface area (TPSA) is 98.3 Å². The van der Waals surface area contributed by atoms with Crippen molar-refractivity contribution in [3.8, 4) is 5.75 Å². The summed E-state index contributed by atoms with van der Waals surface area (Å²) in [6, 6.07) is 9.81. The smallest absolute Gasteiger partial charge is 0.249 e. The number of piperazine rings is 1. The van der Waals surface area contributed by atoms with Crippen LogP contribution in [0, 0.1) is 11.6 Å². The molecule has 4 fully saturated rings. The molecular formula is C35H41ClF2N8O3. The summed E-state index contributed by atoms with van der Waals surface area (Å²) in [5.74, 6) is -0.262. The summed E-state index contributed by atoms with van der Waals surface area (Å²) in [6.45, 7) is 6.62. The number of nitrogens with one attached hydrogen (secondary N) is 2. The van der Waals surface area contributed by atoms with E-state index in [-0.39, 0.29) is 5.91 Å². The van der Waals surface area contributed by atoms with E-state index in [0.717, 1.165) is 69.9 Å². The number of carbonyl (C=O) groups excluding carboxylic acids is 1. The van der Waals surface area contributed by atoms with E-state index in [9.17, 15) is 13.6 Å². The lowest BCUT2D eigenvalue weighted by Crippen LogP contribution is -2.53. The zero-order valence-corrected chi connectivity index (χ0v) is 28.2. The number of nitrogens with zero attached hydrogens (tertiary/aromatic N) is 6. The Morgan fingerprint density at radius 3 is 2.24 bits per heavy atom. The molecule has 0 bridgehead atoms. The summed E-state index contributed by atoms with van der Waals surface area (Å²) < 4.78 is 33.9. The van der Waals surface area contributed by atoms with Gasteiger partial charge in [-0.15, -0.1) is 0 Å².